The number of thioether (sulfide) groups is 1. The molecule has 1 aliphatic rings. The Morgan fingerprint density at radius 2 is 1.96 bits per heavy atom. The Balaban J connectivity index is 1.68. The molecule has 0 N–H and O–H groups in total. The van der Waals surface area contributed by atoms with Crippen LogP contribution in [0.1, 0.15) is 36.3 Å². The summed E-state index contributed by atoms with van der Waals surface area (Å²) in [6, 6.07) is 12.9. The zero-order valence-electron chi connectivity index (χ0n) is 16.1. The Labute approximate surface area is 169 Å². The summed E-state index contributed by atoms with van der Waals surface area (Å²) >= 11 is 1.70. The molecule has 1 saturated heterocycles. The fourth-order valence-corrected chi connectivity index (χ4v) is 4.68. The molecule has 0 saturated carbocycles. The number of nitrogens with zero attached hydrogens (tertiary/aromatic N) is 2. The van der Waals surface area contributed by atoms with Crippen molar-refractivity contribution in [3.05, 3.63) is 71.3 Å². The lowest BCUT2D eigenvalue weighted by molar-refractivity contribution is -0.132. The molecule has 3 rings (SSSR count). The smallest absolute Gasteiger partial charge is 0.237 e. The monoisotopic (exact) mass is 404 g/mol. The van der Waals surface area contributed by atoms with Crippen LogP contribution in [-0.2, 0) is 11.3 Å². The largest absolute Gasteiger partial charge is 0.325 e. The van der Waals surface area contributed by atoms with Gasteiger partial charge in [-0.1, -0.05) is 37.6 Å². The van der Waals surface area contributed by atoms with Crippen LogP contribution in [0.25, 0.3) is 0 Å². The van der Waals surface area contributed by atoms with E-state index in [0.717, 1.165) is 36.3 Å². The van der Waals surface area contributed by atoms with E-state index in [0.29, 0.717) is 19.6 Å². The molecular weight excluding hydrogens is 378 g/mol. The summed E-state index contributed by atoms with van der Waals surface area (Å²) in [5.74, 6) is 0.399. The highest BCUT2D eigenvalue weighted by molar-refractivity contribution is 7.99. The van der Waals surface area contributed by atoms with Crippen molar-refractivity contribution >= 4 is 17.7 Å². The average molecular weight is 405 g/mol. The number of halogens is 2. The topological polar surface area (TPSA) is 23.6 Å². The molecule has 1 atom stereocenters. The summed E-state index contributed by atoms with van der Waals surface area (Å²) in [4.78, 5) is 17.0. The number of hydrogen-bond acceptors (Lipinski definition) is 3. The molecule has 1 fully saturated rings. The number of amides is 1. The Kier molecular flexibility index (Phi) is 7.45. The lowest BCUT2D eigenvalue weighted by Gasteiger charge is -2.28. The van der Waals surface area contributed by atoms with Crippen LogP contribution in [0.2, 0.25) is 0 Å². The quantitative estimate of drug-likeness (QED) is 0.629. The number of hydrogen-bond donors (Lipinski definition) is 0. The normalized spacial score (nSPS) is 16.7. The molecular formula is C22H26F2N2OS. The van der Waals surface area contributed by atoms with Crippen molar-refractivity contribution in [2.75, 3.05) is 25.4 Å². The van der Waals surface area contributed by atoms with Gasteiger partial charge in [-0.05, 0) is 48.4 Å². The van der Waals surface area contributed by atoms with Crippen LogP contribution in [0, 0.1) is 11.6 Å². The van der Waals surface area contributed by atoms with Gasteiger partial charge in [0.25, 0.3) is 0 Å². The van der Waals surface area contributed by atoms with Crippen LogP contribution < -0.4 is 0 Å². The number of rotatable bonds is 8. The minimum atomic E-state index is -0.273. The molecule has 2 aromatic rings. The van der Waals surface area contributed by atoms with Gasteiger partial charge >= 0.3 is 0 Å². The van der Waals surface area contributed by atoms with Crippen LogP contribution in [0.3, 0.4) is 0 Å². The van der Waals surface area contributed by atoms with E-state index < -0.39 is 0 Å². The molecule has 28 heavy (non-hydrogen) atoms. The molecule has 0 bridgehead atoms. The molecule has 6 heteroatoms. The highest BCUT2D eigenvalue weighted by Crippen LogP contribution is 2.37. The average Bonchev–Trinajstić information content (AvgIpc) is 3.16. The Morgan fingerprint density at radius 3 is 2.68 bits per heavy atom. The maximum absolute atomic E-state index is 13.5. The third-order valence-corrected chi connectivity index (χ3v) is 6.11. The standard InChI is InChI=1S/C22H26F2N2OS/c1-2-3-11-25(15-17-5-4-6-20(24)14-17)16-21(27)26-12-13-28-22(26)18-7-9-19(23)10-8-18/h4-10,14,22H,2-3,11-13,15-16H2,1H3/t22-/m0/s1. The van der Waals surface area contributed by atoms with Gasteiger partial charge in [0.15, 0.2) is 0 Å². The van der Waals surface area contributed by atoms with Crippen LogP contribution >= 0.6 is 11.8 Å². The molecule has 0 spiro atoms. The van der Waals surface area contributed by atoms with Crippen molar-refractivity contribution in [3.63, 3.8) is 0 Å². The summed E-state index contributed by atoms with van der Waals surface area (Å²) in [6.45, 7) is 4.44. The van der Waals surface area contributed by atoms with Gasteiger partial charge in [0.2, 0.25) is 5.91 Å². The molecule has 1 aliphatic heterocycles. The van der Waals surface area contributed by atoms with E-state index in [9.17, 15) is 13.6 Å². The molecule has 1 amide bonds. The zero-order valence-corrected chi connectivity index (χ0v) is 16.9. The summed E-state index contributed by atoms with van der Waals surface area (Å²) in [7, 11) is 0. The first kappa shape index (κ1) is 20.8. The van der Waals surface area contributed by atoms with Crippen molar-refractivity contribution in [2.45, 2.75) is 31.7 Å². The molecule has 1 heterocycles. The number of benzene rings is 2. The lowest BCUT2D eigenvalue weighted by atomic mass is 10.2. The van der Waals surface area contributed by atoms with Gasteiger partial charge in [0, 0.05) is 18.8 Å². The molecule has 150 valence electrons. The van der Waals surface area contributed by atoms with Gasteiger partial charge in [0.1, 0.15) is 17.0 Å². The second-order valence-corrected chi connectivity index (χ2v) is 8.24. The highest BCUT2D eigenvalue weighted by Gasteiger charge is 2.31. The lowest BCUT2D eigenvalue weighted by Crippen LogP contribution is -2.40. The third kappa shape index (κ3) is 5.55. The molecule has 3 nitrogen and oxygen atoms in total. The van der Waals surface area contributed by atoms with E-state index in [1.807, 2.05) is 11.0 Å². The van der Waals surface area contributed by atoms with Gasteiger partial charge in [-0.3, -0.25) is 9.69 Å². The number of carbonyl (C=O) groups is 1. The fraction of sp³-hybridized carbons (Fsp3) is 0.409. The Bertz CT molecular complexity index is 784. The second-order valence-electron chi connectivity index (χ2n) is 7.06. The molecule has 0 radical (unpaired) electrons. The second kappa shape index (κ2) is 10.0. The molecule has 0 aliphatic carbocycles. The minimum absolute atomic E-state index is 0.0619. The summed E-state index contributed by atoms with van der Waals surface area (Å²) in [5.41, 5.74) is 1.82. The van der Waals surface area contributed by atoms with E-state index in [4.69, 9.17) is 0 Å². The summed E-state index contributed by atoms with van der Waals surface area (Å²) in [6.07, 6.45) is 2.02. The number of carbonyl (C=O) groups excluding carboxylic acids is 1. The van der Waals surface area contributed by atoms with Gasteiger partial charge in [-0.2, -0.15) is 0 Å². The van der Waals surface area contributed by atoms with Gasteiger partial charge in [0.05, 0.1) is 6.54 Å². The first-order valence-corrected chi connectivity index (χ1v) is 10.7. The van der Waals surface area contributed by atoms with Crippen molar-refractivity contribution in [1.82, 2.24) is 9.80 Å². The van der Waals surface area contributed by atoms with Crippen LogP contribution in [0.5, 0.6) is 0 Å². The Morgan fingerprint density at radius 1 is 1.18 bits per heavy atom. The van der Waals surface area contributed by atoms with Crippen molar-refractivity contribution in [2.24, 2.45) is 0 Å². The first-order chi connectivity index (χ1) is 13.6. The predicted octanol–water partition coefficient (Wildman–Crippen LogP) is 4.84. The zero-order chi connectivity index (χ0) is 19.9. The van der Waals surface area contributed by atoms with Crippen molar-refractivity contribution in [3.8, 4) is 0 Å². The minimum Gasteiger partial charge on any atom is -0.325 e. The van der Waals surface area contributed by atoms with Gasteiger partial charge in [-0.15, -0.1) is 11.8 Å². The Hall–Kier alpha value is -1.92. The van der Waals surface area contributed by atoms with Gasteiger partial charge < -0.3 is 4.90 Å². The summed E-state index contributed by atoms with van der Waals surface area (Å²) in [5, 5.41) is -0.0738. The maximum Gasteiger partial charge on any atom is 0.237 e. The molecule has 0 aromatic heterocycles. The van der Waals surface area contributed by atoms with Crippen molar-refractivity contribution in [1.29, 1.82) is 0 Å². The fourth-order valence-electron chi connectivity index (χ4n) is 3.40. The van der Waals surface area contributed by atoms with E-state index in [2.05, 4.69) is 11.8 Å². The van der Waals surface area contributed by atoms with E-state index >= 15 is 0 Å². The highest BCUT2D eigenvalue weighted by atomic mass is 32.2. The molecule has 2 aromatic carbocycles. The SMILES string of the molecule is CCCCN(CC(=O)N1CCS[C@H]1c1ccc(F)cc1)Cc1cccc(F)c1. The summed E-state index contributed by atoms with van der Waals surface area (Å²) < 4.78 is 26.8. The van der Waals surface area contributed by atoms with Gasteiger partial charge in [-0.25, -0.2) is 8.78 Å². The predicted molar refractivity (Wildman–Crippen MR) is 110 cm³/mol. The number of unbranched alkanes of at least 4 members (excludes halogenated alkanes) is 1. The van der Waals surface area contributed by atoms with Crippen molar-refractivity contribution < 1.29 is 13.6 Å². The molecule has 0 unspecified atom stereocenters. The van der Waals surface area contributed by atoms with E-state index in [-0.39, 0.29) is 22.9 Å². The van der Waals surface area contributed by atoms with Crippen LogP contribution in [0.15, 0.2) is 48.5 Å². The van der Waals surface area contributed by atoms with Crippen LogP contribution in [-0.4, -0.2) is 41.1 Å². The van der Waals surface area contributed by atoms with E-state index in [1.165, 1.54) is 24.3 Å². The maximum atomic E-state index is 13.5. The van der Waals surface area contributed by atoms with E-state index in [1.54, 1.807) is 30.0 Å². The van der Waals surface area contributed by atoms with Crippen LogP contribution in [0.4, 0.5) is 8.78 Å². The third-order valence-electron chi connectivity index (χ3n) is 4.85. The first-order valence-electron chi connectivity index (χ1n) is 9.70.